The molecule has 27 heavy (non-hydrogen) atoms. The second-order valence-corrected chi connectivity index (χ2v) is 7.38. The van der Waals surface area contributed by atoms with Gasteiger partial charge in [-0.2, -0.15) is 0 Å². The molecule has 2 heterocycles. The first-order chi connectivity index (χ1) is 12.8. The van der Waals surface area contributed by atoms with E-state index in [0.717, 1.165) is 38.9 Å². The maximum absolute atomic E-state index is 12.4. The molecular weight excluding hydrogens is 471 g/mol. The minimum absolute atomic E-state index is 0. The number of carbonyl (C=O) groups excluding carboxylic acids is 1. The number of halogens is 1. The van der Waals surface area contributed by atoms with Gasteiger partial charge in [-0.1, -0.05) is 30.3 Å². The molecule has 0 saturated heterocycles. The van der Waals surface area contributed by atoms with Gasteiger partial charge in [0.2, 0.25) is 5.91 Å². The number of amides is 1. The van der Waals surface area contributed by atoms with Crippen LogP contribution in [-0.2, 0) is 24.2 Å². The zero-order chi connectivity index (χ0) is 18.2. The fourth-order valence-electron chi connectivity index (χ4n) is 3.10. The Morgan fingerprint density at radius 1 is 1.22 bits per heavy atom. The second-order valence-electron chi connectivity index (χ2n) is 6.38. The highest BCUT2D eigenvalue weighted by molar-refractivity contribution is 14.0. The van der Waals surface area contributed by atoms with Gasteiger partial charge in [0.1, 0.15) is 0 Å². The van der Waals surface area contributed by atoms with Crippen LogP contribution in [0.15, 0.2) is 46.8 Å². The number of fused-ring (bicyclic) bond motifs is 1. The molecule has 7 heteroatoms. The standard InChI is InChI=1S/C20H26N4OS.HI/c1-21-20(22-11-5-8-16-6-3-2-4-7-16)23-14-19(25)24-12-9-18-17(15-24)10-13-26-18;/h2-4,6-7,10,13H,5,8-9,11-12,14-15H2,1H3,(H2,21,22,23);1H. The summed E-state index contributed by atoms with van der Waals surface area (Å²) in [6.45, 7) is 2.63. The van der Waals surface area contributed by atoms with Crippen molar-refractivity contribution in [3.05, 3.63) is 57.8 Å². The van der Waals surface area contributed by atoms with Crippen LogP contribution < -0.4 is 10.6 Å². The summed E-state index contributed by atoms with van der Waals surface area (Å²) in [5.41, 5.74) is 2.63. The van der Waals surface area contributed by atoms with Crippen LogP contribution in [0.2, 0.25) is 0 Å². The third-order valence-electron chi connectivity index (χ3n) is 4.57. The SMILES string of the molecule is CN=C(NCCCc1ccccc1)NCC(=O)N1CCc2sccc2C1.I. The molecule has 2 aromatic rings. The van der Waals surface area contributed by atoms with Gasteiger partial charge in [-0.05, 0) is 41.8 Å². The molecule has 1 aliphatic rings. The first-order valence-corrected chi connectivity index (χ1v) is 9.95. The minimum atomic E-state index is 0. The summed E-state index contributed by atoms with van der Waals surface area (Å²) < 4.78 is 0. The lowest BCUT2D eigenvalue weighted by Crippen LogP contribution is -2.46. The number of rotatable bonds is 6. The fraction of sp³-hybridized carbons (Fsp3) is 0.400. The molecule has 0 atom stereocenters. The van der Waals surface area contributed by atoms with E-state index in [9.17, 15) is 4.79 Å². The number of hydrogen-bond donors (Lipinski definition) is 2. The highest BCUT2D eigenvalue weighted by Gasteiger charge is 2.21. The number of nitrogens with one attached hydrogen (secondary N) is 2. The molecule has 1 amide bonds. The van der Waals surface area contributed by atoms with Crippen molar-refractivity contribution in [2.45, 2.75) is 25.8 Å². The van der Waals surface area contributed by atoms with E-state index in [1.165, 1.54) is 16.0 Å². The average molecular weight is 498 g/mol. The molecule has 5 nitrogen and oxygen atoms in total. The molecule has 146 valence electrons. The molecule has 3 rings (SSSR count). The van der Waals surface area contributed by atoms with E-state index in [2.05, 4.69) is 51.3 Å². The first kappa shape index (κ1) is 21.7. The van der Waals surface area contributed by atoms with E-state index >= 15 is 0 Å². The van der Waals surface area contributed by atoms with Crippen LogP contribution in [0.3, 0.4) is 0 Å². The van der Waals surface area contributed by atoms with Crippen molar-refractivity contribution in [2.24, 2.45) is 4.99 Å². The largest absolute Gasteiger partial charge is 0.356 e. The zero-order valence-electron chi connectivity index (χ0n) is 15.6. The summed E-state index contributed by atoms with van der Waals surface area (Å²) in [4.78, 5) is 20.0. The molecule has 1 aromatic heterocycles. The zero-order valence-corrected chi connectivity index (χ0v) is 18.8. The van der Waals surface area contributed by atoms with E-state index in [1.54, 1.807) is 18.4 Å². The van der Waals surface area contributed by atoms with Crippen molar-refractivity contribution >= 4 is 47.2 Å². The Bertz CT molecular complexity index is 747. The first-order valence-electron chi connectivity index (χ1n) is 9.07. The number of benzene rings is 1. The predicted octanol–water partition coefficient (Wildman–Crippen LogP) is 3.05. The van der Waals surface area contributed by atoms with Crippen LogP contribution >= 0.6 is 35.3 Å². The Hall–Kier alpha value is -1.61. The van der Waals surface area contributed by atoms with Gasteiger partial charge in [-0.15, -0.1) is 35.3 Å². The highest BCUT2D eigenvalue weighted by atomic mass is 127. The van der Waals surface area contributed by atoms with Gasteiger partial charge in [0.15, 0.2) is 5.96 Å². The maximum Gasteiger partial charge on any atom is 0.242 e. The Morgan fingerprint density at radius 2 is 2.04 bits per heavy atom. The molecule has 0 spiro atoms. The van der Waals surface area contributed by atoms with Gasteiger partial charge >= 0.3 is 0 Å². The van der Waals surface area contributed by atoms with E-state index < -0.39 is 0 Å². The second kappa shape index (κ2) is 11.3. The number of guanidine groups is 1. The number of carbonyl (C=O) groups is 1. The Kier molecular flexibility index (Phi) is 9.06. The van der Waals surface area contributed by atoms with Crippen LogP contribution in [0.25, 0.3) is 0 Å². The third kappa shape index (κ3) is 6.49. The van der Waals surface area contributed by atoms with Crippen molar-refractivity contribution in [3.8, 4) is 0 Å². The molecule has 0 radical (unpaired) electrons. The van der Waals surface area contributed by atoms with E-state index in [-0.39, 0.29) is 36.4 Å². The third-order valence-corrected chi connectivity index (χ3v) is 5.59. The number of aryl methyl sites for hydroxylation is 1. The molecular formula is C20H27IN4OS. The quantitative estimate of drug-likeness (QED) is 0.279. The van der Waals surface area contributed by atoms with E-state index in [4.69, 9.17) is 0 Å². The van der Waals surface area contributed by atoms with Crippen molar-refractivity contribution in [3.63, 3.8) is 0 Å². The lowest BCUT2D eigenvalue weighted by atomic mass is 10.1. The Morgan fingerprint density at radius 3 is 2.81 bits per heavy atom. The van der Waals surface area contributed by atoms with E-state index in [0.29, 0.717) is 5.96 Å². The van der Waals surface area contributed by atoms with Crippen molar-refractivity contribution in [1.82, 2.24) is 15.5 Å². The van der Waals surface area contributed by atoms with Gasteiger partial charge in [0, 0.05) is 31.6 Å². The lowest BCUT2D eigenvalue weighted by Gasteiger charge is -2.27. The molecule has 1 aromatic carbocycles. The van der Waals surface area contributed by atoms with Gasteiger partial charge in [-0.25, -0.2) is 0 Å². The van der Waals surface area contributed by atoms with Gasteiger partial charge in [0.25, 0.3) is 0 Å². The topological polar surface area (TPSA) is 56.7 Å². The molecule has 0 fully saturated rings. The highest BCUT2D eigenvalue weighted by Crippen LogP contribution is 2.23. The van der Waals surface area contributed by atoms with Gasteiger partial charge < -0.3 is 15.5 Å². The van der Waals surface area contributed by atoms with E-state index in [1.807, 2.05) is 11.0 Å². The van der Waals surface area contributed by atoms with Crippen LogP contribution in [0.1, 0.15) is 22.4 Å². The van der Waals surface area contributed by atoms with Crippen LogP contribution in [0.5, 0.6) is 0 Å². The lowest BCUT2D eigenvalue weighted by molar-refractivity contribution is -0.130. The molecule has 1 aliphatic heterocycles. The Labute approximate surface area is 182 Å². The van der Waals surface area contributed by atoms with Crippen LogP contribution in [0.4, 0.5) is 0 Å². The molecule has 0 unspecified atom stereocenters. The summed E-state index contributed by atoms with van der Waals surface area (Å²) in [6.07, 6.45) is 3.01. The smallest absolute Gasteiger partial charge is 0.242 e. The molecule has 0 bridgehead atoms. The molecule has 2 N–H and O–H groups in total. The fourth-order valence-corrected chi connectivity index (χ4v) is 3.99. The summed E-state index contributed by atoms with van der Waals surface area (Å²) >= 11 is 1.79. The number of hydrogen-bond acceptors (Lipinski definition) is 3. The van der Waals surface area contributed by atoms with Gasteiger partial charge in [0.05, 0.1) is 6.54 Å². The van der Waals surface area contributed by atoms with Crippen LogP contribution in [-0.4, -0.2) is 43.4 Å². The molecule has 0 saturated carbocycles. The predicted molar refractivity (Wildman–Crippen MR) is 123 cm³/mol. The monoisotopic (exact) mass is 498 g/mol. The molecule has 0 aliphatic carbocycles. The van der Waals surface area contributed by atoms with Gasteiger partial charge in [-0.3, -0.25) is 9.79 Å². The van der Waals surface area contributed by atoms with Crippen molar-refractivity contribution in [1.29, 1.82) is 0 Å². The maximum atomic E-state index is 12.4. The number of thiophene rings is 1. The Balaban J connectivity index is 0.00000261. The minimum Gasteiger partial charge on any atom is -0.356 e. The summed E-state index contributed by atoms with van der Waals surface area (Å²) in [5, 5.41) is 8.52. The average Bonchev–Trinajstić information content (AvgIpc) is 3.16. The number of nitrogens with zero attached hydrogens (tertiary/aromatic N) is 2. The normalized spacial score (nSPS) is 13.5. The van der Waals surface area contributed by atoms with Crippen LogP contribution in [0, 0.1) is 0 Å². The van der Waals surface area contributed by atoms with Crippen molar-refractivity contribution in [2.75, 3.05) is 26.7 Å². The summed E-state index contributed by atoms with van der Waals surface area (Å²) in [5.74, 6) is 0.800. The summed E-state index contributed by atoms with van der Waals surface area (Å²) in [7, 11) is 1.73. The summed E-state index contributed by atoms with van der Waals surface area (Å²) in [6, 6.07) is 12.6. The van der Waals surface area contributed by atoms with Crippen molar-refractivity contribution < 1.29 is 4.79 Å². The number of aliphatic imine (C=N–C) groups is 1.